The van der Waals surface area contributed by atoms with E-state index in [0.29, 0.717) is 6.07 Å². The molecule has 1 aromatic heterocycles. The summed E-state index contributed by atoms with van der Waals surface area (Å²) in [6, 6.07) is 0.336. The van der Waals surface area contributed by atoms with E-state index in [1.54, 1.807) is 0 Å². The Kier molecular flexibility index (Phi) is 4.19. The summed E-state index contributed by atoms with van der Waals surface area (Å²) >= 11 is 0. The van der Waals surface area contributed by atoms with Gasteiger partial charge in [0, 0.05) is 25.0 Å². The first-order valence-corrected chi connectivity index (χ1v) is 6.08. The molecule has 2 N–H and O–H groups in total. The molecule has 2 aromatic rings. The number of rotatable bonds is 3. The molecule has 0 aliphatic carbocycles. The van der Waals surface area contributed by atoms with Crippen LogP contribution in [0.3, 0.4) is 0 Å². The molecule has 1 heterocycles. The molecule has 120 valence electrons. The van der Waals surface area contributed by atoms with Gasteiger partial charge < -0.3 is 10.3 Å². The third kappa shape index (κ3) is 3.59. The molecule has 1 aromatic carbocycles. The van der Waals surface area contributed by atoms with Crippen molar-refractivity contribution < 1.29 is 26.3 Å². The van der Waals surface area contributed by atoms with Crippen LogP contribution in [-0.2, 0) is 18.9 Å². The van der Waals surface area contributed by atoms with Gasteiger partial charge in [-0.25, -0.2) is 4.98 Å². The van der Waals surface area contributed by atoms with Crippen LogP contribution in [0.15, 0.2) is 36.9 Å². The molecule has 0 saturated carbocycles. The highest BCUT2D eigenvalue weighted by atomic mass is 19.4. The van der Waals surface area contributed by atoms with Gasteiger partial charge in [-0.2, -0.15) is 26.3 Å². The van der Waals surface area contributed by atoms with Gasteiger partial charge in [-0.3, -0.25) is 0 Å². The molecule has 0 saturated heterocycles. The smallest absolute Gasteiger partial charge is 0.336 e. The van der Waals surface area contributed by atoms with Crippen molar-refractivity contribution in [2.75, 3.05) is 0 Å². The average Bonchev–Trinajstić information content (AvgIpc) is 2.88. The highest BCUT2D eigenvalue weighted by Crippen LogP contribution is 2.38. The number of alkyl halides is 6. The molecule has 0 fully saturated rings. The molecule has 0 amide bonds. The number of imidazole rings is 1. The van der Waals surface area contributed by atoms with Gasteiger partial charge in [-0.05, 0) is 17.7 Å². The fourth-order valence-corrected chi connectivity index (χ4v) is 2.02. The summed E-state index contributed by atoms with van der Waals surface area (Å²) in [6.07, 6.45) is -5.51. The van der Waals surface area contributed by atoms with Crippen LogP contribution in [0.1, 0.15) is 22.7 Å². The van der Waals surface area contributed by atoms with Gasteiger partial charge in [0.05, 0.1) is 17.5 Å². The molecule has 0 bridgehead atoms. The van der Waals surface area contributed by atoms with E-state index in [9.17, 15) is 26.3 Å². The molecule has 2 rings (SSSR count). The van der Waals surface area contributed by atoms with E-state index in [4.69, 9.17) is 5.73 Å². The second kappa shape index (κ2) is 5.64. The lowest BCUT2D eigenvalue weighted by Crippen LogP contribution is -2.22. The number of hydrogen-bond donors (Lipinski definition) is 1. The first kappa shape index (κ1) is 16.3. The molecule has 0 radical (unpaired) electrons. The molecular weight excluding hydrogens is 312 g/mol. The number of nitrogens with zero attached hydrogens (tertiary/aromatic N) is 2. The molecule has 0 aliphatic rings. The number of nitrogens with two attached hydrogens (primary N) is 1. The topological polar surface area (TPSA) is 43.8 Å². The average molecular weight is 323 g/mol. The quantitative estimate of drug-likeness (QED) is 0.877. The lowest BCUT2D eigenvalue weighted by molar-refractivity contribution is -0.143. The minimum atomic E-state index is -4.93. The summed E-state index contributed by atoms with van der Waals surface area (Å²) in [5.74, 6) is 0. The Morgan fingerprint density at radius 3 is 2.27 bits per heavy atom. The van der Waals surface area contributed by atoms with Gasteiger partial charge in [-0.1, -0.05) is 6.07 Å². The number of halogens is 6. The largest absolute Gasteiger partial charge is 0.416 e. The Morgan fingerprint density at radius 1 is 1.09 bits per heavy atom. The Labute approximate surface area is 121 Å². The number of benzene rings is 1. The van der Waals surface area contributed by atoms with Gasteiger partial charge in [0.1, 0.15) is 0 Å². The van der Waals surface area contributed by atoms with E-state index in [0.717, 1.165) is 6.07 Å². The molecule has 9 heteroatoms. The van der Waals surface area contributed by atoms with Crippen molar-refractivity contribution in [3.63, 3.8) is 0 Å². The van der Waals surface area contributed by atoms with E-state index >= 15 is 0 Å². The molecule has 0 aliphatic heterocycles. The first-order valence-electron chi connectivity index (χ1n) is 6.08. The normalized spacial score (nSPS) is 14.1. The van der Waals surface area contributed by atoms with Crippen LogP contribution in [-0.4, -0.2) is 9.55 Å². The highest BCUT2D eigenvalue weighted by Gasteiger charge is 2.38. The standard InChI is InChI=1S/C13H11F6N3/c14-12(15,16)8-1-2-9(10(5-8)13(17,18)19)11(20)6-22-4-3-21-7-22/h1-5,7,11H,6,20H2. The molecule has 1 unspecified atom stereocenters. The van der Waals surface area contributed by atoms with E-state index in [1.807, 2.05) is 0 Å². The number of hydrogen-bond acceptors (Lipinski definition) is 2. The molecular formula is C13H11F6N3. The van der Waals surface area contributed by atoms with Crippen LogP contribution in [0.2, 0.25) is 0 Å². The second-order valence-electron chi connectivity index (χ2n) is 4.66. The first-order chi connectivity index (χ1) is 10.1. The Balaban J connectivity index is 2.42. The van der Waals surface area contributed by atoms with Crippen LogP contribution in [0.25, 0.3) is 0 Å². The summed E-state index contributed by atoms with van der Waals surface area (Å²) in [6.45, 7) is -0.0333. The Bertz CT molecular complexity index is 630. The van der Waals surface area contributed by atoms with E-state index in [-0.39, 0.29) is 12.6 Å². The van der Waals surface area contributed by atoms with Crippen molar-refractivity contribution in [1.82, 2.24) is 9.55 Å². The van der Waals surface area contributed by atoms with Crippen molar-refractivity contribution in [3.8, 4) is 0 Å². The SMILES string of the molecule is NC(Cn1ccnc1)c1ccc(C(F)(F)F)cc1C(F)(F)F. The predicted molar refractivity (Wildman–Crippen MR) is 65.6 cm³/mol. The minimum absolute atomic E-state index is 0.0333. The minimum Gasteiger partial charge on any atom is -0.336 e. The highest BCUT2D eigenvalue weighted by molar-refractivity contribution is 5.37. The maximum atomic E-state index is 13.0. The lowest BCUT2D eigenvalue weighted by Gasteiger charge is -2.20. The third-order valence-corrected chi connectivity index (χ3v) is 3.05. The van der Waals surface area contributed by atoms with E-state index in [1.165, 1.54) is 23.3 Å². The van der Waals surface area contributed by atoms with E-state index < -0.39 is 35.1 Å². The zero-order valence-corrected chi connectivity index (χ0v) is 11.0. The monoisotopic (exact) mass is 323 g/mol. The van der Waals surface area contributed by atoms with Gasteiger partial charge in [0.2, 0.25) is 0 Å². The van der Waals surface area contributed by atoms with Crippen molar-refractivity contribution in [2.45, 2.75) is 24.9 Å². The summed E-state index contributed by atoms with van der Waals surface area (Å²) in [5, 5.41) is 0. The fraction of sp³-hybridized carbons (Fsp3) is 0.308. The zero-order valence-electron chi connectivity index (χ0n) is 11.0. The van der Waals surface area contributed by atoms with Crippen LogP contribution in [0.5, 0.6) is 0 Å². The van der Waals surface area contributed by atoms with Crippen LogP contribution < -0.4 is 5.73 Å². The third-order valence-electron chi connectivity index (χ3n) is 3.05. The maximum absolute atomic E-state index is 13.0. The predicted octanol–water partition coefficient (Wildman–Crippen LogP) is 3.62. The fourth-order valence-electron chi connectivity index (χ4n) is 2.02. The van der Waals surface area contributed by atoms with Crippen molar-refractivity contribution >= 4 is 0 Å². The molecule has 1 atom stereocenters. The molecule has 3 nitrogen and oxygen atoms in total. The Morgan fingerprint density at radius 2 is 1.77 bits per heavy atom. The lowest BCUT2D eigenvalue weighted by atomic mass is 9.97. The summed E-state index contributed by atoms with van der Waals surface area (Å²) in [5.41, 5.74) is 2.58. The molecule has 0 spiro atoms. The summed E-state index contributed by atoms with van der Waals surface area (Å²) in [4.78, 5) is 3.72. The van der Waals surface area contributed by atoms with Crippen molar-refractivity contribution in [3.05, 3.63) is 53.6 Å². The van der Waals surface area contributed by atoms with Crippen LogP contribution in [0, 0.1) is 0 Å². The summed E-state index contributed by atoms with van der Waals surface area (Å²) < 4.78 is 78.2. The van der Waals surface area contributed by atoms with Gasteiger partial charge in [-0.15, -0.1) is 0 Å². The molecule has 22 heavy (non-hydrogen) atoms. The van der Waals surface area contributed by atoms with Gasteiger partial charge in [0.25, 0.3) is 0 Å². The Hall–Kier alpha value is -2.03. The van der Waals surface area contributed by atoms with Crippen molar-refractivity contribution in [1.29, 1.82) is 0 Å². The number of aromatic nitrogens is 2. The van der Waals surface area contributed by atoms with E-state index in [2.05, 4.69) is 4.98 Å². The van der Waals surface area contributed by atoms with Gasteiger partial charge in [0.15, 0.2) is 0 Å². The second-order valence-corrected chi connectivity index (χ2v) is 4.66. The zero-order chi connectivity index (χ0) is 16.5. The van der Waals surface area contributed by atoms with Crippen molar-refractivity contribution in [2.24, 2.45) is 5.73 Å². The van der Waals surface area contributed by atoms with Gasteiger partial charge >= 0.3 is 12.4 Å². The maximum Gasteiger partial charge on any atom is 0.416 e. The van der Waals surface area contributed by atoms with Crippen LogP contribution in [0.4, 0.5) is 26.3 Å². The van der Waals surface area contributed by atoms with Crippen LogP contribution >= 0.6 is 0 Å². The summed E-state index contributed by atoms with van der Waals surface area (Å²) in [7, 11) is 0.